The Bertz CT molecular complexity index is 1360. The van der Waals surface area contributed by atoms with Gasteiger partial charge in [0.1, 0.15) is 11.2 Å². The highest BCUT2D eigenvalue weighted by molar-refractivity contribution is 8.00. The molecule has 0 bridgehead atoms. The first kappa shape index (κ1) is 24.3. The number of ether oxygens (including phenoxy) is 1. The van der Waals surface area contributed by atoms with Crippen LogP contribution in [0, 0.1) is 0 Å². The van der Waals surface area contributed by atoms with Crippen LogP contribution in [-0.4, -0.2) is 42.3 Å². The number of imidazole rings is 1. The number of hydrogen-bond acceptors (Lipinski definition) is 6. The number of carbonyl (C=O) groups is 1. The second-order valence-corrected chi connectivity index (χ2v) is 8.87. The molecule has 1 atom stereocenters. The maximum absolute atomic E-state index is 13.4. The van der Waals surface area contributed by atoms with Gasteiger partial charge in [-0.15, -0.1) is 0 Å². The second kappa shape index (κ2) is 8.20. The predicted molar refractivity (Wildman–Crippen MR) is 105 cm³/mol. The lowest BCUT2D eigenvalue weighted by atomic mass is 10.2. The summed E-state index contributed by atoms with van der Waals surface area (Å²) in [6.45, 7) is 1.23. The van der Waals surface area contributed by atoms with Gasteiger partial charge in [-0.1, -0.05) is 0 Å². The van der Waals surface area contributed by atoms with E-state index in [4.69, 9.17) is 0 Å². The standard InChI is InChI=1S/C18H15F6N5O3S/c1-4-33(31,28-16(30)32-3)12-6-10(18(22,23)24)7-25-13(12)15-27-11-5-9(17(19,20)21)8-26-14(11)29(15)2/h4-8H,1-3H3,(H,28,30,31). The van der Waals surface area contributed by atoms with Gasteiger partial charge in [-0.2, -0.15) is 26.3 Å². The summed E-state index contributed by atoms with van der Waals surface area (Å²) >= 11 is 0. The van der Waals surface area contributed by atoms with Crippen molar-refractivity contribution in [1.29, 1.82) is 0 Å². The summed E-state index contributed by atoms with van der Waals surface area (Å²) in [6, 6.07) is 1.24. The number of carbonyl (C=O) groups excluding carboxylic acids is 1. The molecule has 0 fully saturated rings. The molecule has 0 aliphatic heterocycles. The Kier molecular flexibility index (Phi) is 6.04. The fourth-order valence-electron chi connectivity index (χ4n) is 2.85. The van der Waals surface area contributed by atoms with E-state index in [1.807, 2.05) is 4.72 Å². The molecule has 3 aromatic rings. The van der Waals surface area contributed by atoms with Crippen molar-refractivity contribution in [2.75, 3.05) is 7.11 Å². The first-order valence-corrected chi connectivity index (χ1v) is 10.5. The number of alkyl halides is 6. The van der Waals surface area contributed by atoms with Crippen molar-refractivity contribution in [3.63, 3.8) is 0 Å². The van der Waals surface area contributed by atoms with Crippen molar-refractivity contribution < 1.29 is 40.1 Å². The van der Waals surface area contributed by atoms with Gasteiger partial charge in [0.25, 0.3) is 0 Å². The molecule has 3 aromatic heterocycles. The number of aromatic nitrogens is 4. The zero-order valence-corrected chi connectivity index (χ0v) is 17.9. The van der Waals surface area contributed by atoms with E-state index in [2.05, 4.69) is 19.7 Å². The summed E-state index contributed by atoms with van der Waals surface area (Å²) in [5, 5.41) is 0.952. The molecule has 15 heteroatoms. The van der Waals surface area contributed by atoms with Gasteiger partial charge in [0.05, 0.1) is 32.8 Å². The first-order valence-electron chi connectivity index (χ1n) is 8.88. The van der Waals surface area contributed by atoms with Gasteiger partial charge in [0.2, 0.25) is 0 Å². The lowest BCUT2D eigenvalue weighted by molar-refractivity contribution is -0.138. The van der Waals surface area contributed by atoms with Crippen LogP contribution in [0.15, 0.2) is 29.4 Å². The molecule has 0 saturated carbocycles. The minimum Gasteiger partial charge on any atom is -0.452 e. The second-order valence-electron chi connectivity index (χ2n) is 6.56. The summed E-state index contributed by atoms with van der Waals surface area (Å²) in [7, 11) is -1.52. The van der Waals surface area contributed by atoms with Crippen molar-refractivity contribution in [2.45, 2.75) is 24.2 Å². The number of rotatable bonds is 3. The molecular formula is C18H15F6N5O3S. The van der Waals surface area contributed by atoms with Gasteiger partial charge >= 0.3 is 18.4 Å². The molecule has 33 heavy (non-hydrogen) atoms. The average Bonchev–Trinajstić information content (AvgIpc) is 3.07. The van der Waals surface area contributed by atoms with Crippen molar-refractivity contribution in [3.8, 4) is 11.5 Å². The Morgan fingerprint density at radius 3 is 2.21 bits per heavy atom. The zero-order valence-electron chi connectivity index (χ0n) is 17.1. The van der Waals surface area contributed by atoms with Crippen LogP contribution in [0.5, 0.6) is 0 Å². The summed E-state index contributed by atoms with van der Waals surface area (Å²) in [6.07, 6.45) is -9.72. The van der Waals surface area contributed by atoms with Gasteiger partial charge in [0.15, 0.2) is 11.5 Å². The highest BCUT2D eigenvalue weighted by Gasteiger charge is 2.35. The number of methoxy groups -OCH3 is 1. The van der Waals surface area contributed by atoms with Crippen LogP contribution in [0.4, 0.5) is 31.1 Å². The monoisotopic (exact) mass is 495 g/mol. The third kappa shape index (κ3) is 4.58. The van der Waals surface area contributed by atoms with E-state index in [0.717, 1.165) is 12.5 Å². The topological polar surface area (TPSA) is 99.0 Å². The quantitative estimate of drug-likeness (QED) is 0.439. The predicted octanol–water partition coefficient (Wildman–Crippen LogP) is 3.80. The Morgan fingerprint density at radius 2 is 1.67 bits per heavy atom. The largest absolute Gasteiger partial charge is 0.452 e. The lowest BCUT2D eigenvalue weighted by Gasteiger charge is -2.17. The number of halogens is 6. The van der Waals surface area contributed by atoms with Crippen LogP contribution in [0.3, 0.4) is 0 Å². The molecule has 0 aliphatic carbocycles. The van der Waals surface area contributed by atoms with Gasteiger partial charge in [-0.25, -0.2) is 23.7 Å². The van der Waals surface area contributed by atoms with Gasteiger partial charge in [-0.05, 0) is 24.4 Å². The lowest BCUT2D eigenvalue weighted by Crippen LogP contribution is -2.32. The molecule has 0 saturated heterocycles. The molecule has 178 valence electrons. The minimum absolute atomic E-state index is 0.0291. The third-order valence-corrected chi connectivity index (χ3v) is 6.61. The fraction of sp³-hybridized carbons (Fsp3) is 0.278. The molecule has 3 rings (SSSR count). The van der Waals surface area contributed by atoms with E-state index in [-0.39, 0.29) is 22.7 Å². The number of hydrogen-bond donors (Lipinski definition) is 1. The maximum Gasteiger partial charge on any atom is 0.418 e. The zero-order chi connectivity index (χ0) is 24.8. The van der Waals surface area contributed by atoms with E-state index in [1.165, 1.54) is 18.5 Å². The number of amides is 1. The molecule has 0 aromatic carbocycles. The van der Waals surface area contributed by atoms with Crippen LogP contribution < -0.4 is 4.72 Å². The van der Waals surface area contributed by atoms with Crippen LogP contribution in [0.25, 0.3) is 22.7 Å². The van der Waals surface area contributed by atoms with E-state index < -0.39 is 44.2 Å². The number of aryl methyl sites for hydroxylation is 1. The molecule has 1 unspecified atom stereocenters. The highest BCUT2D eigenvalue weighted by Crippen LogP contribution is 2.35. The molecular weight excluding hydrogens is 480 g/mol. The maximum atomic E-state index is 13.4. The minimum atomic E-state index is -4.87. The van der Waals surface area contributed by atoms with Crippen LogP contribution in [-0.2, 0) is 33.8 Å². The van der Waals surface area contributed by atoms with Crippen molar-refractivity contribution in [3.05, 3.63) is 35.7 Å². The third-order valence-electron chi connectivity index (χ3n) is 4.51. The van der Waals surface area contributed by atoms with E-state index >= 15 is 0 Å². The van der Waals surface area contributed by atoms with Crippen LogP contribution >= 0.6 is 0 Å². The molecule has 1 N–H and O–H groups in total. The summed E-state index contributed by atoms with van der Waals surface area (Å²) in [5.74, 6) is -0.221. The number of nitrogens with zero attached hydrogens (tertiary/aromatic N) is 4. The highest BCUT2D eigenvalue weighted by atomic mass is 32.2. The fourth-order valence-corrected chi connectivity index (χ4v) is 4.39. The number of nitrogens with one attached hydrogen (secondary N) is 1. The van der Waals surface area contributed by atoms with Gasteiger partial charge < -0.3 is 9.30 Å². The first-order chi connectivity index (χ1) is 15.2. The summed E-state index contributed by atoms with van der Waals surface area (Å²) in [5.41, 5.74) is -2.96. The van der Waals surface area contributed by atoms with E-state index in [0.29, 0.717) is 24.5 Å². The summed E-state index contributed by atoms with van der Waals surface area (Å²) in [4.78, 5) is 22.6. The van der Waals surface area contributed by atoms with E-state index in [1.54, 1.807) is 0 Å². The number of fused-ring (bicyclic) bond motifs is 1. The number of pyridine rings is 2. The molecule has 3 heterocycles. The summed E-state index contributed by atoms with van der Waals surface area (Å²) < 4.78 is 100. The SMILES string of the molecule is CC=S(=O)(NC(=O)OC)c1cc(C(F)(F)F)cnc1-c1nc2cc(C(F)(F)F)cnc2n1C. The normalized spacial score (nSPS) is 14.1. The Hall–Kier alpha value is -3.36. The van der Waals surface area contributed by atoms with Crippen LogP contribution in [0.1, 0.15) is 18.1 Å². The Morgan fingerprint density at radius 1 is 1.09 bits per heavy atom. The van der Waals surface area contributed by atoms with Crippen molar-refractivity contribution >= 4 is 32.3 Å². The van der Waals surface area contributed by atoms with Crippen molar-refractivity contribution in [1.82, 2.24) is 24.2 Å². The Labute approximate surface area is 182 Å². The average molecular weight is 495 g/mol. The smallest absolute Gasteiger partial charge is 0.418 e. The van der Waals surface area contributed by atoms with Gasteiger partial charge in [-0.3, -0.25) is 4.98 Å². The Balaban J connectivity index is 2.33. The molecule has 0 aliphatic rings. The van der Waals surface area contributed by atoms with Gasteiger partial charge in [0, 0.05) is 19.4 Å². The van der Waals surface area contributed by atoms with E-state index in [9.17, 15) is 35.3 Å². The molecule has 8 nitrogen and oxygen atoms in total. The molecule has 0 radical (unpaired) electrons. The van der Waals surface area contributed by atoms with Crippen molar-refractivity contribution in [2.24, 2.45) is 7.05 Å². The molecule has 0 spiro atoms. The van der Waals surface area contributed by atoms with Crippen LogP contribution in [0.2, 0.25) is 0 Å². The molecule has 1 amide bonds.